The van der Waals surface area contributed by atoms with Gasteiger partial charge in [0.1, 0.15) is 5.00 Å². The first-order valence-corrected chi connectivity index (χ1v) is 8.62. The standard InChI is InChI=1S/C14H12ClNO4S2/c15-11-6-7-12(21-11)16(22(19)20)14(13(17)18)8-10(14)9-4-2-1-3-5-9/h1-7,10H,8H2,(H,17,18)(H,19,20)/p-1. The molecule has 3 unspecified atom stereocenters. The van der Waals surface area contributed by atoms with Gasteiger partial charge >= 0.3 is 5.97 Å². The van der Waals surface area contributed by atoms with Crippen molar-refractivity contribution >= 4 is 45.2 Å². The van der Waals surface area contributed by atoms with Crippen LogP contribution in [0.2, 0.25) is 4.34 Å². The number of hydrogen-bond acceptors (Lipinski definition) is 4. The van der Waals surface area contributed by atoms with Crippen LogP contribution in [0.5, 0.6) is 0 Å². The van der Waals surface area contributed by atoms with E-state index in [1.165, 1.54) is 6.07 Å². The third kappa shape index (κ3) is 2.44. The van der Waals surface area contributed by atoms with Crippen LogP contribution in [0.4, 0.5) is 5.00 Å². The number of aliphatic carboxylic acids is 1. The van der Waals surface area contributed by atoms with E-state index in [4.69, 9.17) is 11.6 Å². The van der Waals surface area contributed by atoms with Crippen molar-refractivity contribution < 1.29 is 18.7 Å². The maximum absolute atomic E-state index is 11.8. The number of carboxylic acid groups (broad SMARTS) is 1. The molecule has 0 spiro atoms. The molecule has 1 aliphatic carbocycles. The summed E-state index contributed by atoms with van der Waals surface area (Å²) in [5, 5.41) is 9.98. The highest BCUT2D eigenvalue weighted by Crippen LogP contribution is 2.58. The van der Waals surface area contributed by atoms with Crippen LogP contribution in [-0.4, -0.2) is 25.4 Å². The van der Waals surface area contributed by atoms with Gasteiger partial charge in [0.05, 0.1) is 4.34 Å². The van der Waals surface area contributed by atoms with Crippen molar-refractivity contribution in [2.75, 3.05) is 4.31 Å². The molecule has 0 amide bonds. The van der Waals surface area contributed by atoms with E-state index in [2.05, 4.69) is 0 Å². The van der Waals surface area contributed by atoms with Crippen molar-refractivity contribution in [3.8, 4) is 0 Å². The Labute approximate surface area is 138 Å². The molecule has 1 N–H and O–H groups in total. The number of nitrogens with zero attached hydrogens (tertiary/aromatic N) is 1. The fourth-order valence-electron chi connectivity index (χ4n) is 2.70. The van der Waals surface area contributed by atoms with Crippen molar-refractivity contribution in [2.45, 2.75) is 17.9 Å². The molecule has 1 heterocycles. The zero-order chi connectivity index (χ0) is 15.9. The van der Waals surface area contributed by atoms with Gasteiger partial charge in [0, 0.05) is 17.2 Å². The highest BCUT2D eigenvalue weighted by molar-refractivity contribution is 7.81. The van der Waals surface area contributed by atoms with E-state index in [1.807, 2.05) is 18.2 Å². The maximum Gasteiger partial charge on any atom is 0.331 e. The highest BCUT2D eigenvalue weighted by atomic mass is 35.5. The highest BCUT2D eigenvalue weighted by Gasteiger charge is 2.66. The van der Waals surface area contributed by atoms with E-state index in [9.17, 15) is 18.7 Å². The van der Waals surface area contributed by atoms with E-state index in [-0.39, 0.29) is 12.3 Å². The van der Waals surface area contributed by atoms with E-state index in [0.717, 1.165) is 21.2 Å². The average molecular weight is 357 g/mol. The molecule has 116 valence electrons. The fourth-order valence-corrected chi connectivity index (χ4v) is 4.76. The zero-order valence-electron chi connectivity index (χ0n) is 11.1. The number of carboxylic acids is 1. The summed E-state index contributed by atoms with van der Waals surface area (Å²) in [6, 6.07) is 12.1. The number of hydrogen-bond donors (Lipinski definition) is 1. The Morgan fingerprint density at radius 3 is 2.55 bits per heavy atom. The quantitative estimate of drug-likeness (QED) is 0.835. The monoisotopic (exact) mass is 356 g/mol. The SMILES string of the molecule is O=C(O)C1(N(c2ccc(Cl)s2)S(=O)[O-])CC1c1ccccc1. The number of carbonyl (C=O) groups is 1. The van der Waals surface area contributed by atoms with Gasteiger partial charge in [-0.1, -0.05) is 41.9 Å². The summed E-state index contributed by atoms with van der Waals surface area (Å²) in [7, 11) is 0. The van der Waals surface area contributed by atoms with Crippen LogP contribution >= 0.6 is 22.9 Å². The maximum atomic E-state index is 11.8. The molecule has 22 heavy (non-hydrogen) atoms. The molecule has 0 saturated heterocycles. The largest absolute Gasteiger partial charge is 0.755 e. The van der Waals surface area contributed by atoms with Gasteiger partial charge in [-0.2, -0.15) is 0 Å². The summed E-state index contributed by atoms with van der Waals surface area (Å²) in [4.78, 5) is 11.8. The Kier molecular flexibility index (Phi) is 3.98. The Morgan fingerprint density at radius 2 is 2.05 bits per heavy atom. The van der Waals surface area contributed by atoms with Gasteiger partial charge in [-0.25, -0.2) is 4.79 Å². The summed E-state index contributed by atoms with van der Waals surface area (Å²) in [6.45, 7) is 0. The van der Waals surface area contributed by atoms with Crippen molar-refractivity contribution in [1.29, 1.82) is 0 Å². The van der Waals surface area contributed by atoms with Gasteiger partial charge in [-0.15, -0.1) is 11.3 Å². The number of rotatable bonds is 5. The lowest BCUT2D eigenvalue weighted by molar-refractivity contribution is -0.139. The van der Waals surface area contributed by atoms with E-state index < -0.39 is 22.8 Å². The minimum absolute atomic E-state index is 0.232. The number of halogens is 1. The normalized spacial score (nSPS) is 24.7. The summed E-state index contributed by atoms with van der Waals surface area (Å²) in [5.41, 5.74) is -0.676. The lowest BCUT2D eigenvalue weighted by atomic mass is 10.1. The van der Waals surface area contributed by atoms with Crippen LogP contribution in [0.15, 0.2) is 42.5 Å². The number of benzene rings is 1. The molecule has 1 saturated carbocycles. The summed E-state index contributed by atoms with van der Waals surface area (Å²) in [6.07, 6.45) is 0.232. The van der Waals surface area contributed by atoms with Crippen molar-refractivity contribution in [1.82, 2.24) is 0 Å². The van der Waals surface area contributed by atoms with Crippen LogP contribution in [0.3, 0.4) is 0 Å². The van der Waals surface area contributed by atoms with Crippen LogP contribution in [0.25, 0.3) is 0 Å². The lowest BCUT2D eigenvalue weighted by Crippen LogP contribution is -2.46. The van der Waals surface area contributed by atoms with E-state index >= 15 is 0 Å². The Bertz CT molecular complexity index is 735. The van der Waals surface area contributed by atoms with Crippen LogP contribution in [-0.2, 0) is 16.1 Å². The summed E-state index contributed by atoms with van der Waals surface area (Å²) in [5.74, 6) is -1.54. The third-order valence-corrected chi connectivity index (χ3v) is 5.93. The fraction of sp³-hybridized carbons (Fsp3) is 0.214. The second-order valence-corrected chi connectivity index (χ2v) is 7.48. The third-order valence-electron chi connectivity index (χ3n) is 3.77. The summed E-state index contributed by atoms with van der Waals surface area (Å²) >= 11 is 4.19. The smallest absolute Gasteiger partial charge is 0.331 e. The second-order valence-electron chi connectivity index (χ2n) is 4.99. The van der Waals surface area contributed by atoms with E-state index in [1.54, 1.807) is 18.2 Å². The molecular formula is C14H11ClNO4S2-. The molecular weight excluding hydrogens is 346 g/mol. The molecule has 0 aliphatic heterocycles. The average Bonchev–Trinajstić information content (AvgIpc) is 3.09. The van der Waals surface area contributed by atoms with Crippen LogP contribution in [0, 0.1) is 0 Å². The molecule has 0 radical (unpaired) electrons. The molecule has 8 heteroatoms. The zero-order valence-corrected chi connectivity index (χ0v) is 13.5. The van der Waals surface area contributed by atoms with Crippen molar-refractivity contribution in [3.63, 3.8) is 0 Å². The first-order chi connectivity index (χ1) is 10.5. The molecule has 3 rings (SSSR count). The minimum Gasteiger partial charge on any atom is -0.755 e. The molecule has 5 nitrogen and oxygen atoms in total. The first kappa shape index (κ1) is 15.5. The van der Waals surface area contributed by atoms with Gasteiger partial charge in [-0.05, 0) is 24.1 Å². The van der Waals surface area contributed by atoms with Crippen LogP contribution < -0.4 is 4.31 Å². The Hall–Kier alpha value is -1.41. The molecule has 2 aromatic rings. The molecule has 1 fully saturated rings. The molecule has 3 atom stereocenters. The van der Waals surface area contributed by atoms with Crippen molar-refractivity contribution in [2.24, 2.45) is 0 Å². The van der Waals surface area contributed by atoms with Crippen molar-refractivity contribution in [3.05, 3.63) is 52.4 Å². The Morgan fingerprint density at radius 1 is 1.36 bits per heavy atom. The predicted molar refractivity (Wildman–Crippen MR) is 84.9 cm³/mol. The first-order valence-electron chi connectivity index (χ1n) is 6.40. The van der Waals surface area contributed by atoms with Gasteiger partial charge in [-0.3, -0.25) is 8.51 Å². The molecule has 1 aromatic carbocycles. The minimum atomic E-state index is -2.71. The van der Waals surface area contributed by atoms with Gasteiger partial charge < -0.3 is 9.66 Å². The van der Waals surface area contributed by atoms with E-state index in [0.29, 0.717) is 9.34 Å². The molecule has 1 aromatic heterocycles. The van der Waals surface area contributed by atoms with Gasteiger partial charge in [0.25, 0.3) is 0 Å². The predicted octanol–water partition coefficient (Wildman–Crippen LogP) is 3.01. The molecule has 1 aliphatic rings. The van der Waals surface area contributed by atoms with Gasteiger partial charge in [0.2, 0.25) is 0 Å². The number of thiophene rings is 1. The van der Waals surface area contributed by atoms with Crippen LogP contribution in [0.1, 0.15) is 17.9 Å². The second kappa shape index (κ2) is 5.66. The number of anilines is 1. The topological polar surface area (TPSA) is 80.7 Å². The summed E-state index contributed by atoms with van der Waals surface area (Å²) < 4.78 is 24.7. The lowest BCUT2D eigenvalue weighted by Gasteiger charge is -2.32. The Balaban J connectivity index is 2.04. The van der Waals surface area contributed by atoms with Gasteiger partial charge in [0.15, 0.2) is 5.54 Å². The molecule has 0 bridgehead atoms.